The van der Waals surface area contributed by atoms with Gasteiger partial charge in [0, 0.05) is 33.4 Å². The molecular formula is C12H26N2O2. The van der Waals surface area contributed by atoms with Crippen LogP contribution in [-0.4, -0.2) is 64.1 Å². The van der Waals surface area contributed by atoms with Crippen LogP contribution in [0.15, 0.2) is 0 Å². The second-order valence-corrected chi connectivity index (χ2v) is 4.41. The first-order valence-electron chi connectivity index (χ1n) is 6.28. The van der Waals surface area contributed by atoms with Crippen molar-refractivity contribution in [2.75, 3.05) is 47.0 Å². The van der Waals surface area contributed by atoms with Crippen molar-refractivity contribution in [2.24, 2.45) is 0 Å². The predicted molar refractivity (Wildman–Crippen MR) is 65.8 cm³/mol. The standard InChI is InChI=1S/C12H26N2O2/c1-4-13-8-11(10-15-2)14-7-5-6-12(9-14)16-3/h11-13H,4-10H2,1-3H3. The molecule has 1 saturated heterocycles. The number of hydrogen-bond donors (Lipinski definition) is 1. The number of hydrogen-bond acceptors (Lipinski definition) is 4. The first-order valence-corrected chi connectivity index (χ1v) is 6.28. The van der Waals surface area contributed by atoms with Crippen molar-refractivity contribution in [2.45, 2.75) is 31.9 Å². The molecule has 4 nitrogen and oxygen atoms in total. The summed E-state index contributed by atoms with van der Waals surface area (Å²) < 4.78 is 10.8. The van der Waals surface area contributed by atoms with E-state index in [0.29, 0.717) is 12.1 Å². The molecule has 0 aromatic heterocycles. The van der Waals surface area contributed by atoms with E-state index in [9.17, 15) is 0 Å². The van der Waals surface area contributed by atoms with Gasteiger partial charge in [-0.05, 0) is 25.9 Å². The van der Waals surface area contributed by atoms with Crippen molar-refractivity contribution >= 4 is 0 Å². The quantitative estimate of drug-likeness (QED) is 0.699. The fourth-order valence-corrected chi connectivity index (χ4v) is 2.29. The SMILES string of the molecule is CCNCC(COC)N1CCCC(OC)C1. The number of likely N-dealkylation sites (N-methyl/N-ethyl adjacent to an activating group) is 1. The first kappa shape index (κ1) is 13.9. The van der Waals surface area contributed by atoms with Gasteiger partial charge in [0.15, 0.2) is 0 Å². The number of ether oxygens (including phenoxy) is 2. The maximum Gasteiger partial charge on any atom is 0.0698 e. The van der Waals surface area contributed by atoms with E-state index in [1.165, 1.54) is 19.4 Å². The second kappa shape index (κ2) is 8.01. The predicted octanol–water partition coefficient (Wildman–Crippen LogP) is 0.722. The summed E-state index contributed by atoms with van der Waals surface area (Å²) in [5.74, 6) is 0. The molecule has 0 aromatic carbocycles. The summed E-state index contributed by atoms with van der Waals surface area (Å²) in [4.78, 5) is 2.49. The Morgan fingerprint density at radius 1 is 1.44 bits per heavy atom. The summed E-state index contributed by atoms with van der Waals surface area (Å²) >= 11 is 0. The minimum Gasteiger partial charge on any atom is -0.383 e. The Kier molecular flexibility index (Phi) is 6.96. The molecule has 1 aliphatic rings. The van der Waals surface area contributed by atoms with Crippen LogP contribution in [-0.2, 0) is 9.47 Å². The van der Waals surface area contributed by atoms with Gasteiger partial charge < -0.3 is 14.8 Å². The number of likely N-dealkylation sites (tertiary alicyclic amines) is 1. The molecule has 1 heterocycles. The van der Waals surface area contributed by atoms with Gasteiger partial charge in [-0.25, -0.2) is 0 Å². The third-order valence-electron chi connectivity index (χ3n) is 3.25. The maximum atomic E-state index is 5.45. The average molecular weight is 230 g/mol. The Bertz CT molecular complexity index is 176. The third-order valence-corrected chi connectivity index (χ3v) is 3.25. The van der Waals surface area contributed by atoms with E-state index in [-0.39, 0.29) is 0 Å². The molecule has 96 valence electrons. The first-order chi connectivity index (χ1) is 7.81. The van der Waals surface area contributed by atoms with Crippen LogP contribution in [0.3, 0.4) is 0 Å². The lowest BCUT2D eigenvalue weighted by molar-refractivity contribution is -0.00198. The fourth-order valence-electron chi connectivity index (χ4n) is 2.29. The summed E-state index contributed by atoms with van der Waals surface area (Å²) in [6.07, 6.45) is 2.81. The van der Waals surface area contributed by atoms with Crippen LogP contribution in [0.25, 0.3) is 0 Å². The summed E-state index contributed by atoms with van der Waals surface area (Å²) in [5.41, 5.74) is 0. The Labute approximate surface area is 99.3 Å². The van der Waals surface area contributed by atoms with Gasteiger partial charge in [0.2, 0.25) is 0 Å². The molecule has 0 bridgehead atoms. The van der Waals surface area contributed by atoms with Crippen molar-refractivity contribution in [1.29, 1.82) is 0 Å². The van der Waals surface area contributed by atoms with Gasteiger partial charge in [0.25, 0.3) is 0 Å². The molecule has 1 aliphatic heterocycles. The molecule has 0 saturated carbocycles. The zero-order chi connectivity index (χ0) is 11.8. The molecule has 1 N–H and O–H groups in total. The highest BCUT2D eigenvalue weighted by molar-refractivity contribution is 4.80. The summed E-state index contributed by atoms with van der Waals surface area (Å²) in [5, 5.41) is 3.40. The van der Waals surface area contributed by atoms with Gasteiger partial charge in [-0.1, -0.05) is 6.92 Å². The number of nitrogens with one attached hydrogen (secondary N) is 1. The molecule has 0 aliphatic carbocycles. The van der Waals surface area contributed by atoms with E-state index in [4.69, 9.17) is 9.47 Å². The minimum atomic E-state index is 0.398. The highest BCUT2D eigenvalue weighted by atomic mass is 16.5. The molecule has 1 fully saturated rings. The highest BCUT2D eigenvalue weighted by Crippen LogP contribution is 2.15. The molecule has 2 unspecified atom stereocenters. The molecule has 0 radical (unpaired) electrons. The summed E-state index contributed by atoms with van der Waals surface area (Å²) in [6.45, 7) is 7.15. The minimum absolute atomic E-state index is 0.398. The van der Waals surface area contributed by atoms with Gasteiger partial charge in [0.05, 0.1) is 12.7 Å². The monoisotopic (exact) mass is 230 g/mol. The van der Waals surface area contributed by atoms with Crippen molar-refractivity contribution in [3.63, 3.8) is 0 Å². The van der Waals surface area contributed by atoms with E-state index >= 15 is 0 Å². The second-order valence-electron chi connectivity index (χ2n) is 4.41. The Morgan fingerprint density at radius 3 is 2.88 bits per heavy atom. The van der Waals surface area contributed by atoms with E-state index < -0.39 is 0 Å². The Balaban J connectivity index is 2.41. The van der Waals surface area contributed by atoms with E-state index in [1.807, 2.05) is 7.11 Å². The van der Waals surface area contributed by atoms with E-state index in [0.717, 1.165) is 26.2 Å². The molecule has 2 atom stereocenters. The van der Waals surface area contributed by atoms with Gasteiger partial charge >= 0.3 is 0 Å². The van der Waals surface area contributed by atoms with Gasteiger partial charge in [-0.2, -0.15) is 0 Å². The maximum absolute atomic E-state index is 5.45. The van der Waals surface area contributed by atoms with Gasteiger partial charge in [-0.15, -0.1) is 0 Å². The third kappa shape index (κ3) is 4.37. The van der Waals surface area contributed by atoms with Crippen LogP contribution >= 0.6 is 0 Å². The van der Waals surface area contributed by atoms with Crippen LogP contribution in [0.2, 0.25) is 0 Å². The molecule has 16 heavy (non-hydrogen) atoms. The average Bonchev–Trinajstić information content (AvgIpc) is 2.34. The zero-order valence-electron chi connectivity index (χ0n) is 10.9. The zero-order valence-corrected chi connectivity index (χ0v) is 10.9. The lowest BCUT2D eigenvalue weighted by Gasteiger charge is -2.37. The number of nitrogens with zero attached hydrogens (tertiary/aromatic N) is 1. The van der Waals surface area contributed by atoms with Crippen LogP contribution in [0.5, 0.6) is 0 Å². The van der Waals surface area contributed by atoms with Gasteiger partial charge in [0.1, 0.15) is 0 Å². The Hall–Kier alpha value is -0.160. The van der Waals surface area contributed by atoms with E-state index in [1.54, 1.807) is 7.11 Å². The normalized spacial score (nSPS) is 24.6. The topological polar surface area (TPSA) is 33.7 Å². The molecule has 0 spiro atoms. The Morgan fingerprint density at radius 2 is 2.25 bits per heavy atom. The lowest BCUT2D eigenvalue weighted by Crippen LogP contribution is -2.51. The molecule has 4 heteroatoms. The van der Waals surface area contributed by atoms with Crippen molar-refractivity contribution in [3.05, 3.63) is 0 Å². The van der Waals surface area contributed by atoms with Crippen molar-refractivity contribution in [3.8, 4) is 0 Å². The lowest BCUT2D eigenvalue weighted by atomic mass is 10.1. The van der Waals surface area contributed by atoms with Crippen molar-refractivity contribution < 1.29 is 9.47 Å². The van der Waals surface area contributed by atoms with Gasteiger partial charge in [-0.3, -0.25) is 4.90 Å². The summed E-state index contributed by atoms with van der Waals surface area (Å²) in [6, 6.07) is 0.475. The van der Waals surface area contributed by atoms with Crippen molar-refractivity contribution in [1.82, 2.24) is 10.2 Å². The molecule has 1 rings (SSSR count). The molecular weight excluding hydrogens is 204 g/mol. The van der Waals surface area contributed by atoms with Crippen LogP contribution in [0.1, 0.15) is 19.8 Å². The highest BCUT2D eigenvalue weighted by Gasteiger charge is 2.25. The van der Waals surface area contributed by atoms with Crippen LogP contribution < -0.4 is 5.32 Å². The number of methoxy groups -OCH3 is 2. The largest absolute Gasteiger partial charge is 0.383 e. The summed E-state index contributed by atoms with van der Waals surface area (Å²) in [7, 11) is 3.58. The van der Waals surface area contributed by atoms with Crippen LogP contribution in [0, 0.1) is 0 Å². The molecule has 0 aromatic rings. The van der Waals surface area contributed by atoms with Crippen LogP contribution in [0.4, 0.5) is 0 Å². The van der Waals surface area contributed by atoms with E-state index in [2.05, 4.69) is 17.1 Å². The fraction of sp³-hybridized carbons (Fsp3) is 1.00. The molecule has 0 amide bonds. The smallest absolute Gasteiger partial charge is 0.0698 e. The number of piperidine rings is 1. The number of rotatable bonds is 7.